The number of nitro benzene ring substituents is 1. The molecule has 1 aliphatic heterocycles. The number of morpholine rings is 1. The average molecular weight is 381 g/mol. The molecule has 6 nitrogen and oxygen atoms in total. The van der Waals surface area contributed by atoms with Gasteiger partial charge in [-0.05, 0) is 36.8 Å². The molecule has 0 radical (unpaired) electrons. The molecule has 8 heteroatoms. The van der Waals surface area contributed by atoms with Gasteiger partial charge in [0.1, 0.15) is 17.6 Å². The lowest BCUT2D eigenvalue weighted by Gasteiger charge is -2.34. The zero-order valence-electron chi connectivity index (χ0n) is 14.2. The second-order valence-electron chi connectivity index (χ2n) is 5.79. The third kappa shape index (κ3) is 3.73. The van der Waals surface area contributed by atoms with Gasteiger partial charge in [0, 0.05) is 13.1 Å². The second kappa shape index (κ2) is 7.88. The minimum absolute atomic E-state index is 0.0209. The molecule has 1 heterocycles. The van der Waals surface area contributed by atoms with Crippen molar-refractivity contribution in [2.24, 2.45) is 0 Å². The van der Waals surface area contributed by atoms with E-state index in [0.717, 1.165) is 5.56 Å². The first-order valence-corrected chi connectivity index (χ1v) is 8.60. The lowest BCUT2D eigenvalue weighted by atomic mass is 10.1. The van der Waals surface area contributed by atoms with Gasteiger partial charge in [0.2, 0.25) is 0 Å². The number of rotatable bonds is 5. The Morgan fingerprint density at radius 2 is 2.23 bits per heavy atom. The van der Waals surface area contributed by atoms with Gasteiger partial charge in [0.15, 0.2) is 5.75 Å². The van der Waals surface area contributed by atoms with Crippen LogP contribution < -0.4 is 9.64 Å². The van der Waals surface area contributed by atoms with Gasteiger partial charge < -0.3 is 14.4 Å². The number of para-hydroxylation sites is 1. The van der Waals surface area contributed by atoms with Crippen LogP contribution >= 0.6 is 11.6 Å². The first-order valence-electron chi connectivity index (χ1n) is 8.23. The van der Waals surface area contributed by atoms with Crippen LogP contribution in [0.4, 0.5) is 15.8 Å². The van der Waals surface area contributed by atoms with E-state index in [1.807, 2.05) is 4.90 Å². The molecular formula is C18H18ClFN2O4. The molecule has 2 aromatic rings. The lowest BCUT2D eigenvalue weighted by molar-refractivity contribution is -0.385. The summed E-state index contributed by atoms with van der Waals surface area (Å²) in [4.78, 5) is 13.1. The molecule has 138 valence electrons. The molecule has 0 aliphatic carbocycles. The molecule has 0 N–H and O–H groups in total. The fourth-order valence-electron chi connectivity index (χ4n) is 3.00. The third-order valence-electron chi connectivity index (χ3n) is 4.18. The van der Waals surface area contributed by atoms with Crippen LogP contribution in [0.5, 0.6) is 5.75 Å². The summed E-state index contributed by atoms with van der Waals surface area (Å²) < 4.78 is 24.6. The van der Waals surface area contributed by atoms with Gasteiger partial charge >= 0.3 is 5.69 Å². The number of hydrogen-bond donors (Lipinski definition) is 0. The summed E-state index contributed by atoms with van der Waals surface area (Å²) >= 11 is 5.86. The van der Waals surface area contributed by atoms with E-state index < -0.39 is 10.7 Å². The Balaban J connectivity index is 1.91. The minimum atomic E-state index is -0.497. The zero-order valence-corrected chi connectivity index (χ0v) is 14.9. The Morgan fingerprint density at radius 3 is 2.92 bits per heavy atom. The van der Waals surface area contributed by atoms with Crippen LogP contribution in [0.1, 0.15) is 18.6 Å². The maximum atomic E-state index is 13.4. The Kier molecular flexibility index (Phi) is 5.58. The van der Waals surface area contributed by atoms with E-state index in [4.69, 9.17) is 21.1 Å². The van der Waals surface area contributed by atoms with Crippen molar-refractivity contribution in [1.82, 2.24) is 0 Å². The summed E-state index contributed by atoms with van der Waals surface area (Å²) in [5.74, 6) is -0.258. The van der Waals surface area contributed by atoms with Crippen LogP contribution in [-0.4, -0.2) is 31.2 Å². The maximum absolute atomic E-state index is 13.4. The van der Waals surface area contributed by atoms with E-state index in [-0.39, 0.29) is 22.6 Å². The number of nitro groups is 1. The molecule has 1 aliphatic rings. The summed E-state index contributed by atoms with van der Waals surface area (Å²) in [6.45, 7) is 3.39. The monoisotopic (exact) mass is 380 g/mol. The molecule has 0 aromatic heterocycles. The van der Waals surface area contributed by atoms with Crippen LogP contribution in [0.25, 0.3) is 0 Å². The van der Waals surface area contributed by atoms with Crippen LogP contribution in [-0.2, 0) is 4.74 Å². The summed E-state index contributed by atoms with van der Waals surface area (Å²) in [6, 6.07) is 9.44. The van der Waals surface area contributed by atoms with Crippen molar-refractivity contribution in [3.05, 3.63) is 62.9 Å². The number of hydrogen-bond acceptors (Lipinski definition) is 5. The van der Waals surface area contributed by atoms with Gasteiger partial charge in [0.05, 0.1) is 23.2 Å². The van der Waals surface area contributed by atoms with Crippen molar-refractivity contribution in [3.63, 3.8) is 0 Å². The molecule has 1 atom stereocenters. The van der Waals surface area contributed by atoms with Crippen molar-refractivity contribution in [3.8, 4) is 5.75 Å². The summed E-state index contributed by atoms with van der Waals surface area (Å²) in [5.41, 5.74) is 1.14. The third-order valence-corrected chi connectivity index (χ3v) is 4.47. The molecule has 1 fully saturated rings. The lowest BCUT2D eigenvalue weighted by Crippen LogP contribution is -2.38. The fraction of sp³-hybridized carbons (Fsp3) is 0.333. The molecule has 0 amide bonds. The summed E-state index contributed by atoms with van der Waals surface area (Å²) in [7, 11) is 0. The second-order valence-corrected chi connectivity index (χ2v) is 6.20. The Labute approximate surface area is 155 Å². The van der Waals surface area contributed by atoms with Crippen LogP contribution in [0.15, 0.2) is 36.4 Å². The van der Waals surface area contributed by atoms with Gasteiger partial charge in [-0.3, -0.25) is 10.1 Å². The largest absolute Gasteiger partial charge is 0.487 e. The predicted molar refractivity (Wildman–Crippen MR) is 96.6 cm³/mol. The quantitative estimate of drug-likeness (QED) is 0.569. The van der Waals surface area contributed by atoms with E-state index in [1.54, 1.807) is 31.2 Å². The highest BCUT2D eigenvalue weighted by molar-refractivity contribution is 6.30. The van der Waals surface area contributed by atoms with Crippen molar-refractivity contribution in [2.75, 3.05) is 31.2 Å². The summed E-state index contributed by atoms with van der Waals surface area (Å²) in [6.07, 6.45) is -0.364. The predicted octanol–water partition coefficient (Wildman–Crippen LogP) is 4.36. The maximum Gasteiger partial charge on any atom is 0.333 e. The highest BCUT2D eigenvalue weighted by Crippen LogP contribution is 2.39. The molecule has 1 saturated heterocycles. The van der Waals surface area contributed by atoms with E-state index >= 15 is 0 Å². The molecule has 0 bridgehead atoms. The summed E-state index contributed by atoms with van der Waals surface area (Å²) in [5, 5.41) is 11.6. The number of nitrogens with zero attached hydrogens (tertiary/aromatic N) is 2. The van der Waals surface area contributed by atoms with Crippen molar-refractivity contribution >= 4 is 23.0 Å². The molecule has 1 unspecified atom stereocenters. The number of halogens is 2. The molecule has 0 saturated carbocycles. The van der Waals surface area contributed by atoms with E-state index in [9.17, 15) is 14.5 Å². The minimum Gasteiger partial charge on any atom is -0.487 e. The van der Waals surface area contributed by atoms with E-state index in [0.29, 0.717) is 32.0 Å². The number of benzene rings is 2. The Bertz CT molecular complexity index is 818. The highest BCUT2D eigenvalue weighted by atomic mass is 35.5. The van der Waals surface area contributed by atoms with Gasteiger partial charge in [-0.1, -0.05) is 23.7 Å². The van der Waals surface area contributed by atoms with Crippen molar-refractivity contribution in [1.29, 1.82) is 0 Å². The van der Waals surface area contributed by atoms with Crippen molar-refractivity contribution in [2.45, 2.75) is 13.0 Å². The van der Waals surface area contributed by atoms with Gasteiger partial charge in [-0.2, -0.15) is 0 Å². The number of anilines is 1. The van der Waals surface area contributed by atoms with E-state index in [2.05, 4.69) is 0 Å². The van der Waals surface area contributed by atoms with Crippen molar-refractivity contribution < 1.29 is 18.8 Å². The molecule has 3 rings (SSSR count). The van der Waals surface area contributed by atoms with Gasteiger partial charge in [-0.15, -0.1) is 0 Å². The molecule has 2 aromatic carbocycles. The van der Waals surface area contributed by atoms with E-state index in [1.165, 1.54) is 12.1 Å². The molecule has 26 heavy (non-hydrogen) atoms. The SMILES string of the molecule is CCOc1cccc(N2CCOC(c3ccc(F)c(Cl)c3)C2)c1[N+](=O)[O-]. The Hall–Kier alpha value is -2.38. The number of ether oxygens (including phenoxy) is 2. The van der Waals surface area contributed by atoms with Crippen LogP contribution in [0.3, 0.4) is 0 Å². The highest BCUT2D eigenvalue weighted by Gasteiger charge is 2.29. The van der Waals surface area contributed by atoms with Gasteiger partial charge in [0.25, 0.3) is 0 Å². The normalized spacial score (nSPS) is 17.2. The van der Waals surface area contributed by atoms with Crippen LogP contribution in [0, 0.1) is 15.9 Å². The smallest absolute Gasteiger partial charge is 0.333 e. The average Bonchev–Trinajstić information content (AvgIpc) is 2.64. The molecule has 0 spiro atoms. The molecular weight excluding hydrogens is 363 g/mol. The fourth-order valence-corrected chi connectivity index (χ4v) is 3.19. The van der Waals surface area contributed by atoms with Gasteiger partial charge in [-0.25, -0.2) is 4.39 Å². The first kappa shape index (κ1) is 18.4. The zero-order chi connectivity index (χ0) is 18.7. The Morgan fingerprint density at radius 1 is 1.42 bits per heavy atom. The first-order chi connectivity index (χ1) is 12.5. The standard InChI is InChI=1S/C18H18ClFN2O4/c1-2-25-16-5-3-4-15(18(16)22(23)24)21-8-9-26-17(11-21)12-6-7-14(20)13(19)10-12/h3-7,10,17H,2,8-9,11H2,1H3. The van der Waals surface area contributed by atoms with Crippen LogP contribution in [0.2, 0.25) is 5.02 Å². The topological polar surface area (TPSA) is 64.8 Å².